The Morgan fingerprint density at radius 1 is 0.231 bits per heavy atom. The first-order valence-electron chi connectivity index (χ1n) is 17.8. The highest BCUT2D eigenvalue weighted by Crippen LogP contribution is 2.38. The molecule has 0 fully saturated rings. The van der Waals surface area contributed by atoms with E-state index in [0.29, 0.717) is 0 Å². The first kappa shape index (κ1) is 47.6. The molecule has 65 heavy (non-hydrogen) atoms. The van der Waals surface area contributed by atoms with Gasteiger partial charge < -0.3 is 0 Å². The van der Waals surface area contributed by atoms with Gasteiger partial charge >= 0.3 is 0 Å². The molecule has 0 aliphatic heterocycles. The molecule has 0 amide bonds. The van der Waals surface area contributed by atoms with Gasteiger partial charge in [0.05, 0.1) is 6.92 Å². The fourth-order valence-corrected chi connectivity index (χ4v) is 7.54. The summed E-state index contributed by atoms with van der Waals surface area (Å²) in [6, 6.07) is 31.4. The summed E-state index contributed by atoms with van der Waals surface area (Å²) < 4.78 is 294. The number of rotatable bonds is 7. The highest BCUT2D eigenvalue weighted by atomic mass is 19.2. The highest BCUT2D eigenvalue weighted by Gasteiger charge is 2.52. The summed E-state index contributed by atoms with van der Waals surface area (Å²) in [4.78, 5) is 0. The summed E-state index contributed by atoms with van der Waals surface area (Å²) in [6.45, 7) is 4.58. The molecule has 21 heteroatoms. The summed E-state index contributed by atoms with van der Waals surface area (Å²) in [5.74, 6) is -71.4. The molecule has 0 aromatic heterocycles. The number of halogens is 20. The molecule has 0 atom stereocenters. The standard InChI is InChI=1S/C24BF20.C20H17/c26-5-1(6(27)14(35)21(42)13(5)34)25(2-7(28)15(36)22(43)16(37)8(2)29,3-9(30)17(38)23(44)18(39)10(3)31)4-11(32)19(40)24(45)20(41)12(4)33;1-20(17-11-5-2-6-12-17,18-13-7-3-8-14-18)19-15-9-4-10-16-19/h;2-16H,1H2/q-1;+1. The van der Waals surface area contributed by atoms with Gasteiger partial charge in [-0.15, -0.1) is 21.9 Å². The van der Waals surface area contributed by atoms with Crippen molar-refractivity contribution in [3.05, 3.63) is 231 Å². The van der Waals surface area contributed by atoms with Crippen molar-refractivity contribution in [1.82, 2.24) is 0 Å². The van der Waals surface area contributed by atoms with Crippen molar-refractivity contribution in [1.29, 1.82) is 0 Å². The minimum absolute atomic E-state index is 0.371. The van der Waals surface area contributed by atoms with Crippen LogP contribution in [0.5, 0.6) is 0 Å². The van der Waals surface area contributed by atoms with Gasteiger partial charge in [-0.05, 0) is 0 Å². The molecule has 0 bridgehead atoms. The summed E-state index contributed by atoms with van der Waals surface area (Å²) in [5.41, 5.74) is -11.1. The summed E-state index contributed by atoms with van der Waals surface area (Å²) in [7, 11) is 0. The van der Waals surface area contributed by atoms with E-state index >= 15 is 35.1 Å². The van der Waals surface area contributed by atoms with Gasteiger partial charge in [0.2, 0.25) is 0 Å². The van der Waals surface area contributed by atoms with Gasteiger partial charge in [0, 0.05) is 16.7 Å². The molecule has 0 aliphatic carbocycles. The first-order chi connectivity index (χ1) is 30.5. The van der Waals surface area contributed by atoms with Crippen molar-refractivity contribution < 1.29 is 87.8 Å². The van der Waals surface area contributed by atoms with Crippen LogP contribution in [-0.4, -0.2) is 6.15 Å². The second-order valence-corrected chi connectivity index (χ2v) is 13.8. The molecule has 0 aliphatic rings. The van der Waals surface area contributed by atoms with E-state index in [1.807, 2.05) is 18.2 Å². The molecule has 336 valence electrons. The van der Waals surface area contributed by atoms with Crippen molar-refractivity contribution in [2.75, 3.05) is 0 Å². The lowest BCUT2D eigenvalue weighted by atomic mass is 9.12. The third-order valence-electron chi connectivity index (χ3n) is 10.5. The van der Waals surface area contributed by atoms with Crippen LogP contribution in [0.1, 0.15) is 16.7 Å². The Kier molecular flexibility index (Phi) is 12.9. The van der Waals surface area contributed by atoms with E-state index in [4.69, 9.17) is 0 Å². The lowest BCUT2D eigenvalue weighted by Gasteiger charge is -2.44. The predicted octanol–water partition coefficient (Wildman–Crippen LogP) is 10.7. The molecule has 0 saturated carbocycles. The van der Waals surface area contributed by atoms with Gasteiger partial charge in [0.25, 0.3) is 0 Å². The maximum Gasteiger partial charge on any atom is 0.200 e. The summed E-state index contributed by atoms with van der Waals surface area (Å²) in [5, 5.41) is 0. The van der Waals surface area contributed by atoms with Gasteiger partial charge in [0.1, 0.15) is 52.7 Å². The van der Waals surface area contributed by atoms with E-state index in [-0.39, 0.29) is 5.41 Å². The van der Waals surface area contributed by atoms with Crippen LogP contribution < -0.4 is 21.9 Å². The third-order valence-corrected chi connectivity index (χ3v) is 10.5. The Labute approximate surface area is 351 Å². The molecule has 0 spiro atoms. The SMILES string of the molecule is Fc1c(F)c(F)c([B-](c2c(F)c(F)c(F)c(F)c2F)(c2c(F)c(F)c(F)c(F)c2F)c2c(F)c(F)c(F)c(F)c2F)c(F)c1F.[CH2+]C(c1ccccc1)(c1ccccc1)c1ccccc1. The van der Waals surface area contributed by atoms with Crippen molar-refractivity contribution in [3.8, 4) is 0 Å². The summed E-state index contributed by atoms with van der Waals surface area (Å²) >= 11 is 0. The lowest BCUT2D eigenvalue weighted by molar-refractivity contribution is 0.378. The van der Waals surface area contributed by atoms with Gasteiger partial charge in [-0.2, -0.15) is 0 Å². The topological polar surface area (TPSA) is 0 Å². The van der Waals surface area contributed by atoms with Crippen LogP contribution >= 0.6 is 0 Å². The number of hydrogen-bond acceptors (Lipinski definition) is 0. The Morgan fingerprint density at radius 2 is 0.369 bits per heavy atom. The first-order valence-corrected chi connectivity index (χ1v) is 17.8. The van der Waals surface area contributed by atoms with Crippen molar-refractivity contribution in [2.45, 2.75) is 5.41 Å². The largest absolute Gasteiger partial charge is 0.207 e. The van der Waals surface area contributed by atoms with Crippen molar-refractivity contribution in [3.63, 3.8) is 0 Å². The maximum atomic E-state index is 15.4. The average molecular weight is 936 g/mol. The molecule has 0 radical (unpaired) electrons. The van der Waals surface area contributed by atoms with Gasteiger partial charge in [-0.3, -0.25) is 0 Å². The molecule has 7 aromatic carbocycles. The van der Waals surface area contributed by atoms with Crippen LogP contribution in [0.4, 0.5) is 87.8 Å². The van der Waals surface area contributed by atoms with Gasteiger partial charge in [-0.25, -0.2) is 87.8 Å². The van der Waals surface area contributed by atoms with Crippen molar-refractivity contribution in [2.24, 2.45) is 0 Å². The fraction of sp³-hybridized carbons (Fsp3) is 0.0227. The second kappa shape index (κ2) is 17.6. The monoisotopic (exact) mass is 936 g/mol. The molecule has 0 nitrogen and oxygen atoms in total. The lowest BCUT2D eigenvalue weighted by Crippen LogP contribution is -2.81. The molecule has 0 N–H and O–H groups in total. The van der Waals surface area contributed by atoms with Gasteiger partial charge in [-0.1, -0.05) is 91.0 Å². The molecule has 0 unspecified atom stereocenters. The smallest absolute Gasteiger partial charge is 0.200 e. The fourth-order valence-electron chi connectivity index (χ4n) is 7.54. The Balaban J connectivity index is 0.000000289. The zero-order valence-electron chi connectivity index (χ0n) is 31.5. The maximum absolute atomic E-state index is 15.4. The zero-order chi connectivity index (χ0) is 48.2. The zero-order valence-corrected chi connectivity index (χ0v) is 31.5. The van der Waals surface area contributed by atoms with Gasteiger partial charge in [0.15, 0.2) is 75.2 Å². The van der Waals surface area contributed by atoms with Crippen LogP contribution in [0.15, 0.2) is 91.0 Å². The van der Waals surface area contributed by atoms with E-state index in [0.717, 1.165) is 0 Å². The Morgan fingerprint density at radius 3 is 0.523 bits per heavy atom. The molecular weight excluding hydrogens is 919 g/mol. The second-order valence-electron chi connectivity index (χ2n) is 13.8. The number of hydrogen-bond donors (Lipinski definition) is 0. The van der Waals surface area contributed by atoms with E-state index < -0.39 is 144 Å². The molecule has 7 aromatic rings. The van der Waals surface area contributed by atoms with E-state index in [1.54, 1.807) is 0 Å². The molecule has 7 rings (SSSR count). The molecule has 0 heterocycles. The third kappa shape index (κ3) is 7.20. The predicted molar refractivity (Wildman–Crippen MR) is 194 cm³/mol. The quantitative estimate of drug-likeness (QED) is 0.0373. The van der Waals surface area contributed by atoms with Crippen molar-refractivity contribution >= 4 is 28.0 Å². The van der Waals surface area contributed by atoms with Crippen LogP contribution in [0, 0.1) is 123 Å². The van der Waals surface area contributed by atoms with Crippen LogP contribution in [0.2, 0.25) is 0 Å². The number of benzene rings is 7. The average Bonchev–Trinajstić information content (AvgIpc) is 3.32. The van der Waals surface area contributed by atoms with E-state index in [1.165, 1.54) is 16.7 Å². The van der Waals surface area contributed by atoms with E-state index in [2.05, 4.69) is 79.7 Å². The van der Waals surface area contributed by atoms with Crippen LogP contribution in [0.25, 0.3) is 0 Å². The summed E-state index contributed by atoms with van der Waals surface area (Å²) in [6.07, 6.45) is -7.22. The van der Waals surface area contributed by atoms with Crippen LogP contribution in [-0.2, 0) is 5.41 Å². The molecule has 0 saturated heterocycles. The Bertz CT molecular complexity index is 2500. The normalized spacial score (nSPS) is 11.8. The Hall–Kier alpha value is -6.93. The molecular formula is C44H17BF20. The highest BCUT2D eigenvalue weighted by molar-refractivity contribution is 7.20. The van der Waals surface area contributed by atoms with E-state index in [9.17, 15) is 52.7 Å². The minimum atomic E-state index is -7.22. The minimum Gasteiger partial charge on any atom is -0.207 e. The van der Waals surface area contributed by atoms with Crippen LogP contribution in [0.3, 0.4) is 0 Å².